The minimum Gasteiger partial charge on any atom is -0.459 e. The second-order valence-electron chi connectivity index (χ2n) is 9.74. The van der Waals surface area contributed by atoms with E-state index in [-0.39, 0.29) is 28.4 Å². The predicted octanol–water partition coefficient (Wildman–Crippen LogP) is 4.95. The molecule has 0 bridgehead atoms. The second-order valence-corrected chi connectivity index (χ2v) is 10.2. The number of hydrogen-bond acceptors (Lipinski definition) is 4. The lowest BCUT2D eigenvalue weighted by Crippen LogP contribution is -2.35. The van der Waals surface area contributed by atoms with Gasteiger partial charge in [-0.05, 0) is 48.9 Å². The van der Waals surface area contributed by atoms with Crippen LogP contribution in [0.5, 0.6) is 0 Å². The number of hydrogen-bond donors (Lipinski definition) is 1. The second kappa shape index (κ2) is 10.4. The molecule has 3 atom stereocenters. The number of rotatable bonds is 7. The number of fused-ring (bicyclic) bond motifs is 1. The number of nitrogens with one attached hydrogen (secondary N) is 1. The van der Waals surface area contributed by atoms with E-state index in [2.05, 4.69) is 10.2 Å². The summed E-state index contributed by atoms with van der Waals surface area (Å²) in [4.78, 5) is 29.9. The number of halogens is 2. The fourth-order valence-electron chi connectivity index (χ4n) is 5.45. The van der Waals surface area contributed by atoms with Crippen molar-refractivity contribution in [3.63, 3.8) is 0 Å². The molecule has 6 nitrogen and oxygen atoms in total. The third-order valence-electron chi connectivity index (χ3n) is 7.34. The summed E-state index contributed by atoms with van der Waals surface area (Å²) in [5, 5.41) is 3.29. The van der Waals surface area contributed by atoms with E-state index in [1.165, 1.54) is 18.4 Å². The van der Waals surface area contributed by atoms with Crippen molar-refractivity contribution in [1.29, 1.82) is 0 Å². The number of carbonyl (C=O) groups excluding carboxylic acids is 2. The molecule has 1 aromatic heterocycles. The minimum atomic E-state index is -0.579. The Hall–Kier alpha value is -3.16. The molecule has 0 spiro atoms. The van der Waals surface area contributed by atoms with Gasteiger partial charge in [0.15, 0.2) is 5.76 Å². The van der Waals surface area contributed by atoms with Crippen LogP contribution in [0.3, 0.4) is 0 Å². The summed E-state index contributed by atoms with van der Waals surface area (Å²) < 4.78 is 19.6. The monoisotopic (exact) mass is 509 g/mol. The average molecular weight is 510 g/mol. The number of furan rings is 1. The van der Waals surface area contributed by atoms with Crippen LogP contribution in [-0.2, 0) is 0 Å². The zero-order valence-electron chi connectivity index (χ0n) is 20.1. The van der Waals surface area contributed by atoms with Crippen LogP contribution in [0.4, 0.5) is 4.39 Å². The maximum atomic E-state index is 14.2. The number of nitrogens with zero attached hydrogens (tertiary/aromatic N) is 2. The van der Waals surface area contributed by atoms with E-state index in [1.54, 1.807) is 17.0 Å². The quantitative estimate of drug-likeness (QED) is 0.489. The van der Waals surface area contributed by atoms with Gasteiger partial charge in [0.2, 0.25) is 0 Å². The molecule has 0 radical (unpaired) electrons. The first-order valence-corrected chi connectivity index (χ1v) is 12.6. The molecule has 3 heterocycles. The van der Waals surface area contributed by atoms with Crippen LogP contribution in [0, 0.1) is 24.6 Å². The van der Waals surface area contributed by atoms with Gasteiger partial charge in [-0.15, -0.1) is 0 Å². The van der Waals surface area contributed by atoms with Crippen LogP contribution in [0.2, 0.25) is 5.02 Å². The molecule has 0 saturated carbocycles. The summed E-state index contributed by atoms with van der Waals surface area (Å²) in [7, 11) is 0. The highest BCUT2D eigenvalue weighted by atomic mass is 35.5. The van der Waals surface area contributed by atoms with E-state index in [0.29, 0.717) is 30.7 Å². The first-order valence-electron chi connectivity index (χ1n) is 12.3. The Morgan fingerprint density at radius 2 is 1.78 bits per heavy atom. The first kappa shape index (κ1) is 24.5. The summed E-state index contributed by atoms with van der Waals surface area (Å²) in [6.07, 6.45) is 2.28. The fraction of sp³-hybridized carbons (Fsp3) is 0.357. The molecule has 2 unspecified atom stereocenters. The highest BCUT2D eigenvalue weighted by molar-refractivity contribution is 6.33. The molecule has 2 aliphatic rings. The van der Waals surface area contributed by atoms with Gasteiger partial charge in [0, 0.05) is 38.3 Å². The number of likely N-dealkylation sites (tertiary alicyclic amines) is 2. The number of carbonyl (C=O) groups is 2. The summed E-state index contributed by atoms with van der Waals surface area (Å²) in [6, 6.07) is 15.9. The molecule has 2 amide bonds. The van der Waals surface area contributed by atoms with Crippen LogP contribution in [0.1, 0.15) is 44.5 Å². The third-order valence-corrected chi connectivity index (χ3v) is 7.65. The van der Waals surface area contributed by atoms with Crippen molar-refractivity contribution in [2.45, 2.75) is 19.4 Å². The van der Waals surface area contributed by atoms with E-state index < -0.39 is 5.82 Å². The van der Waals surface area contributed by atoms with Gasteiger partial charge in [-0.25, -0.2) is 4.39 Å². The molecule has 3 aromatic rings. The Morgan fingerprint density at radius 3 is 2.42 bits per heavy atom. The Labute approximate surface area is 215 Å². The molecule has 36 heavy (non-hydrogen) atoms. The maximum absolute atomic E-state index is 14.2. The minimum absolute atomic E-state index is 0.0377. The first-order chi connectivity index (χ1) is 17.4. The van der Waals surface area contributed by atoms with Crippen LogP contribution < -0.4 is 5.32 Å². The van der Waals surface area contributed by atoms with Gasteiger partial charge in [-0.2, -0.15) is 0 Å². The van der Waals surface area contributed by atoms with Crippen molar-refractivity contribution in [2.75, 3.05) is 32.7 Å². The molecule has 5 rings (SSSR count). The van der Waals surface area contributed by atoms with Crippen molar-refractivity contribution >= 4 is 23.4 Å². The zero-order chi connectivity index (χ0) is 25.2. The molecule has 2 fully saturated rings. The Bertz CT molecular complexity index is 1210. The maximum Gasteiger partial charge on any atom is 0.287 e. The van der Waals surface area contributed by atoms with Crippen LogP contribution in [-0.4, -0.2) is 54.3 Å². The van der Waals surface area contributed by atoms with Crippen molar-refractivity contribution in [3.8, 4) is 0 Å². The molecular formula is C28H29ClFN3O3. The predicted molar refractivity (Wildman–Crippen MR) is 135 cm³/mol. The standard InChI is InChI=1S/C28H29ClFN3O3/c1-18-11-13-36-26(18)27(34)31-24(19-6-3-2-4-7-19)10-12-32-14-20-16-33(17-21(20)15-32)28(35)25-22(29)8-5-9-23(25)30/h2-9,11,13,20-21,24H,10,12,14-17H2,1H3,(H,31,34)/t20-,21?,24?/m0/s1. The molecule has 8 heteroatoms. The van der Waals surface area contributed by atoms with Gasteiger partial charge in [0.05, 0.1) is 22.9 Å². The number of aryl methyl sites for hydroxylation is 1. The molecule has 188 valence electrons. The molecule has 2 aromatic carbocycles. The van der Waals surface area contributed by atoms with E-state index in [1.807, 2.05) is 37.3 Å². The lowest BCUT2D eigenvalue weighted by atomic mass is 10.0. The average Bonchev–Trinajstić information content (AvgIpc) is 3.57. The number of benzene rings is 2. The van der Waals surface area contributed by atoms with Crippen molar-refractivity contribution in [2.24, 2.45) is 11.8 Å². The van der Waals surface area contributed by atoms with E-state index >= 15 is 0 Å². The topological polar surface area (TPSA) is 65.8 Å². The molecule has 2 saturated heterocycles. The summed E-state index contributed by atoms with van der Waals surface area (Å²) in [5.41, 5.74) is 1.82. The van der Waals surface area contributed by atoms with Gasteiger partial charge in [-0.3, -0.25) is 9.59 Å². The van der Waals surface area contributed by atoms with Gasteiger partial charge in [0.1, 0.15) is 5.82 Å². The lowest BCUT2D eigenvalue weighted by Gasteiger charge is -2.25. The fourth-order valence-corrected chi connectivity index (χ4v) is 5.69. The van der Waals surface area contributed by atoms with Crippen molar-refractivity contribution < 1.29 is 18.4 Å². The summed E-state index contributed by atoms with van der Waals surface area (Å²) >= 11 is 6.11. The molecule has 0 aliphatic carbocycles. The van der Waals surface area contributed by atoms with Gasteiger partial charge >= 0.3 is 0 Å². The summed E-state index contributed by atoms with van der Waals surface area (Å²) in [5.74, 6) is -0.105. The zero-order valence-corrected chi connectivity index (χ0v) is 20.9. The van der Waals surface area contributed by atoms with Crippen molar-refractivity contribution in [3.05, 3.63) is 94.2 Å². The third kappa shape index (κ3) is 5.04. The van der Waals surface area contributed by atoms with Crippen LogP contribution in [0.15, 0.2) is 65.3 Å². The van der Waals surface area contributed by atoms with E-state index in [4.69, 9.17) is 16.0 Å². The SMILES string of the molecule is Cc1ccoc1C(=O)NC(CCN1CC2CN(C(=O)c3c(F)cccc3Cl)C[C@@H]2C1)c1ccccc1. The smallest absolute Gasteiger partial charge is 0.287 e. The van der Waals surface area contributed by atoms with Gasteiger partial charge in [-0.1, -0.05) is 48.0 Å². The molecule has 2 aliphatic heterocycles. The highest BCUT2D eigenvalue weighted by Gasteiger charge is 2.42. The van der Waals surface area contributed by atoms with Crippen LogP contribution in [0.25, 0.3) is 0 Å². The Morgan fingerprint density at radius 1 is 1.06 bits per heavy atom. The number of amides is 2. The summed E-state index contributed by atoms with van der Waals surface area (Å²) in [6.45, 7) is 5.60. The van der Waals surface area contributed by atoms with Gasteiger partial charge in [0.25, 0.3) is 11.8 Å². The molecule has 1 N–H and O–H groups in total. The Balaban J connectivity index is 1.19. The Kier molecular flexibility index (Phi) is 7.12. The molecular weight excluding hydrogens is 481 g/mol. The van der Waals surface area contributed by atoms with E-state index in [0.717, 1.165) is 37.2 Å². The lowest BCUT2D eigenvalue weighted by molar-refractivity contribution is 0.0769. The van der Waals surface area contributed by atoms with Crippen LogP contribution >= 0.6 is 11.6 Å². The van der Waals surface area contributed by atoms with E-state index in [9.17, 15) is 14.0 Å². The van der Waals surface area contributed by atoms with Gasteiger partial charge < -0.3 is 19.5 Å². The van der Waals surface area contributed by atoms with Crippen molar-refractivity contribution in [1.82, 2.24) is 15.1 Å². The largest absolute Gasteiger partial charge is 0.459 e. The highest BCUT2D eigenvalue weighted by Crippen LogP contribution is 2.34. The normalized spacial score (nSPS) is 20.4.